The van der Waals surface area contributed by atoms with Crippen molar-refractivity contribution in [1.82, 2.24) is 10.6 Å². The third-order valence-electron chi connectivity index (χ3n) is 5.40. The number of rotatable bonds is 8. The Balaban J connectivity index is 1.96. The Kier molecular flexibility index (Phi) is 8.10. The van der Waals surface area contributed by atoms with Gasteiger partial charge in [0.1, 0.15) is 17.5 Å². The molecule has 2 aromatic rings. The molecule has 1 aliphatic rings. The van der Waals surface area contributed by atoms with Gasteiger partial charge in [-0.3, -0.25) is 9.59 Å². The molecule has 2 N–H and O–H groups in total. The van der Waals surface area contributed by atoms with Gasteiger partial charge in [-0.05, 0) is 24.5 Å². The Labute approximate surface area is 204 Å². The first kappa shape index (κ1) is 25.3. The van der Waals surface area contributed by atoms with E-state index in [1.54, 1.807) is 24.3 Å². The summed E-state index contributed by atoms with van der Waals surface area (Å²) < 4.78 is 16.0. The van der Waals surface area contributed by atoms with Gasteiger partial charge < -0.3 is 24.8 Å². The van der Waals surface area contributed by atoms with Crippen LogP contribution in [-0.2, 0) is 4.79 Å². The number of fused-ring (bicyclic) bond motifs is 1. The number of nitriles is 1. The molecule has 0 atom stereocenters. The molecule has 0 aromatic heterocycles. The molecule has 1 aliphatic heterocycles. The number of carbonyl (C=O) groups is 2. The van der Waals surface area contributed by atoms with E-state index in [1.165, 1.54) is 33.5 Å². The first-order valence-corrected chi connectivity index (χ1v) is 11.1. The number of carbonyl (C=O) groups excluding carboxylic acids is 2. The van der Waals surface area contributed by atoms with Gasteiger partial charge in [0, 0.05) is 23.2 Å². The molecule has 1 heterocycles. The Bertz CT molecular complexity index is 1220. The van der Waals surface area contributed by atoms with Crippen molar-refractivity contribution in [3.63, 3.8) is 0 Å². The predicted molar refractivity (Wildman–Crippen MR) is 132 cm³/mol. The number of amidine groups is 1. The summed E-state index contributed by atoms with van der Waals surface area (Å²) in [5.74, 6) is 0.695. The van der Waals surface area contributed by atoms with Gasteiger partial charge in [-0.25, -0.2) is 4.99 Å². The molecule has 9 heteroatoms. The standard InChI is InChI=1S/C26H28N4O5/c1-15(2)10-11-28-26(32)19(14-27)22-17-8-6-7-9-18(17)24(29-22)30-25(31)16-12-20(33-3)23(35-5)21(13-16)34-4/h6-9,12-13,15H,10-11H2,1-5H3,(H,28,32)(H,29,30,31)/b22-19-. The van der Waals surface area contributed by atoms with E-state index in [0.29, 0.717) is 40.8 Å². The van der Waals surface area contributed by atoms with Crippen LogP contribution >= 0.6 is 0 Å². The first-order valence-electron chi connectivity index (χ1n) is 11.1. The van der Waals surface area contributed by atoms with Crippen LogP contribution in [0.1, 0.15) is 41.8 Å². The van der Waals surface area contributed by atoms with Crippen LogP contribution in [0.15, 0.2) is 47.0 Å². The second kappa shape index (κ2) is 11.2. The summed E-state index contributed by atoms with van der Waals surface area (Å²) in [7, 11) is 4.40. The van der Waals surface area contributed by atoms with E-state index in [0.717, 1.165) is 6.42 Å². The van der Waals surface area contributed by atoms with E-state index < -0.39 is 11.8 Å². The number of methoxy groups -OCH3 is 3. The summed E-state index contributed by atoms with van der Waals surface area (Å²) in [6, 6.07) is 12.1. The fraction of sp³-hybridized carbons (Fsp3) is 0.308. The van der Waals surface area contributed by atoms with Crippen molar-refractivity contribution >= 4 is 23.3 Å². The van der Waals surface area contributed by atoms with Gasteiger partial charge in [-0.2, -0.15) is 5.26 Å². The van der Waals surface area contributed by atoms with Crippen molar-refractivity contribution in [3.8, 4) is 23.3 Å². The summed E-state index contributed by atoms with van der Waals surface area (Å²) >= 11 is 0. The number of ether oxygens (including phenoxy) is 3. The van der Waals surface area contributed by atoms with Crippen LogP contribution < -0.4 is 24.8 Å². The minimum absolute atomic E-state index is 0.113. The summed E-state index contributed by atoms with van der Waals surface area (Å²) in [6.07, 6.45) is 0.787. The van der Waals surface area contributed by atoms with Crippen LogP contribution in [0, 0.1) is 17.2 Å². The van der Waals surface area contributed by atoms with E-state index in [4.69, 9.17) is 14.2 Å². The first-order chi connectivity index (χ1) is 16.8. The fourth-order valence-electron chi connectivity index (χ4n) is 3.58. The number of amides is 2. The maximum Gasteiger partial charge on any atom is 0.264 e. The summed E-state index contributed by atoms with van der Waals surface area (Å²) in [5.41, 5.74) is 1.54. The van der Waals surface area contributed by atoms with E-state index >= 15 is 0 Å². The van der Waals surface area contributed by atoms with Gasteiger partial charge in [-0.1, -0.05) is 38.1 Å². The highest BCUT2D eigenvalue weighted by atomic mass is 16.5. The zero-order valence-corrected chi connectivity index (χ0v) is 20.4. The molecule has 0 fully saturated rings. The van der Waals surface area contributed by atoms with Gasteiger partial charge in [0.05, 0.1) is 27.0 Å². The fourth-order valence-corrected chi connectivity index (χ4v) is 3.58. The smallest absolute Gasteiger partial charge is 0.264 e. The van der Waals surface area contributed by atoms with Crippen molar-refractivity contribution in [2.45, 2.75) is 20.3 Å². The molecule has 2 amide bonds. The second-order valence-corrected chi connectivity index (χ2v) is 8.15. The lowest BCUT2D eigenvalue weighted by molar-refractivity contribution is -0.117. The SMILES string of the molecule is COc1cc(C(=O)NC2=N/C(=C(/C#N)C(=O)NCCC(C)C)c3ccccc32)cc(OC)c1OC. The zero-order chi connectivity index (χ0) is 25.5. The third kappa shape index (κ3) is 5.44. The van der Waals surface area contributed by atoms with Crippen molar-refractivity contribution in [3.05, 3.63) is 58.7 Å². The van der Waals surface area contributed by atoms with E-state index in [-0.39, 0.29) is 22.7 Å². The minimum atomic E-state index is -0.501. The maximum absolute atomic E-state index is 13.1. The lowest BCUT2D eigenvalue weighted by atomic mass is 10.0. The minimum Gasteiger partial charge on any atom is -0.493 e. The molecule has 0 saturated heterocycles. The van der Waals surface area contributed by atoms with Crippen molar-refractivity contribution in [2.75, 3.05) is 27.9 Å². The number of hydrogen-bond donors (Lipinski definition) is 2. The molecule has 0 bridgehead atoms. The summed E-state index contributed by atoms with van der Waals surface area (Å²) in [4.78, 5) is 30.3. The molecular formula is C26H28N4O5. The highest BCUT2D eigenvalue weighted by Gasteiger charge is 2.28. The largest absolute Gasteiger partial charge is 0.493 e. The highest BCUT2D eigenvalue weighted by molar-refractivity contribution is 6.20. The Hall–Kier alpha value is -4.32. The van der Waals surface area contributed by atoms with Crippen LogP contribution in [-0.4, -0.2) is 45.5 Å². The Morgan fingerprint density at radius 3 is 2.20 bits per heavy atom. The van der Waals surface area contributed by atoms with Gasteiger partial charge >= 0.3 is 0 Å². The monoisotopic (exact) mass is 476 g/mol. The van der Waals surface area contributed by atoms with E-state index in [9.17, 15) is 14.9 Å². The summed E-state index contributed by atoms with van der Waals surface area (Å²) in [5, 5.41) is 15.3. The van der Waals surface area contributed by atoms with Crippen molar-refractivity contribution < 1.29 is 23.8 Å². The van der Waals surface area contributed by atoms with Gasteiger partial charge in [0.15, 0.2) is 11.5 Å². The van der Waals surface area contributed by atoms with Gasteiger partial charge in [0.25, 0.3) is 11.8 Å². The van der Waals surface area contributed by atoms with Gasteiger partial charge in [0.2, 0.25) is 5.75 Å². The topological polar surface area (TPSA) is 122 Å². The molecule has 0 radical (unpaired) electrons. The molecular weight excluding hydrogens is 448 g/mol. The molecule has 0 saturated carbocycles. The van der Waals surface area contributed by atoms with Gasteiger partial charge in [-0.15, -0.1) is 0 Å². The lowest BCUT2D eigenvalue weighted by Gasteiger charge is -2.14. The Morgan fingerprint density at radius 2 is 1.66 bits per heavy atom. The van der Waals surface area contributed by atoms with Crippen LogP contribution in [0.25, 0.3) is 5.70 Å². The second-order valence-electron chi connectivity index (χ2n) is 8.15. The molecule has 182 valence electrons. The number of hydrogen-bond acceptors (Lipinski definition) is 7. The molecule has 35 heavy (non-hydrogen) atoms. The lowest BCUT2D eigenvalue weighted by Crippen LogP contribution is -2.30. The molecule has 0 spiro atoms. The van der Waals surface area contributed by atoms with Crippen LogP contribution in [0.2, 0.25) is 0 Å². The number of benzene rings is 2. The van der Waals surface area contributed by atoms with Crippen LogP contribution in [0.3, 0.4) is 0 Å². The third-order valence-corrected chi connectivity index (χ3v) is 5.40. The van der Waals surface area contributed by atoms with Crippen molar-refractivity contribution in [2.24, 2.45) is 10.9 Å². The number of nitrogens with one attached hydrogen (secondary N) is 2. The summed E-state index contributed by atoms with van der Waals surface area (Å²) in [6.45, 7) is 4.55. The Morgan fingerprint density at radius 1 is 1.03 bits per heavy atom. The van der Waals surface area contributed by atoms with Crippen molar-refractivity contribution in [1.29, 1.82) is 5.26 Å². The quantitative estimate of drug-likeness (QED) is 0.445. The maximum atomic E-state index is 13.1. The average molecular weight is 477 g/mol. The van der Waals surface area contributed by atoms with Crippen LogP contribution in [0.5, 0.6) is 17.2 Å². The zero-order valence-electron chi connectivity index (χ0n) is 20.4. The normalized spacial score (nSPS) is 13.3. The highest BCUT2D eigenvalue weighted by Crippen LogP contribution is 2.38. The molecule has 3 rings (SSSR count). The average Bonchev–Trinajstić information content (AvgIpc) is 3.21. The molecule has 0 aliphatic carbocycles. The molecule has 0 unspecified atom stereocenters. The number of aliphatic imine (C=N–C) groups is 1. The molecule has 9 nitrogen and oxygen atoms in total. The van der Waals surface area contributed by atoms with E-state index in [1.807, 2.05) is 6.07 Å². The van der Waals surface area contributed by atoms with Crippen LogP contribution in [0.4, 0.5) is 0 Å². The predicted octanol–water partition coefficient (Wildman–Crippen LogP) is 3.30. The number of nitrogens with zero attached hydrogens (tertiary/aromatic N) is 2. The molecule has 2 aromatic carbocycles. The van der Waals surface area contributed by atoms with E-state index in [2.05, 4.69) is 29.5 Å².